The molecule has 0 aliphatic heterocycles. The summed E-state index contributed by atoms with van der Waals surface area (Å²) in [6.45, 7) is 2.03. The minimum atomic E-state index is -0.248. The lowest BCUT2D eigenvalue weighted by atomic mass is 9.86. The summed E-state index contributed by atoms with van der Waals surface area (Å²) < 4.78 is 3.63. The molecule has 5 nitrogen and oxygen atoms in total. The zero-order valence-electron chi connectivity index (χ0n) is 18.4. The number of aryl methyl sites for hydroxylation is 2. The molecule has 0 amide bonds. The van der Waals surface area contributed by atoms with E-state index < -0.39 is 0 Å². The minimum Gasteiger partial charge on any atom is -0.328 e. The molecule has 1 saturated carbocycles. The van der Waals surface area contributed by atoms with Crippen molar-refractivity contribution in [1.29, 1.82) is 0 Å². The molecule has 1 aromatic carbocycles. The van der Waals surface area contributed by atoms with Crippen LogP contribution < -0.4 is 21.6 Å². The summed E-state index contributed by atoms with van der Waals surface area (Å²) in [6, 6.07) is 7.92. The average Bonchev–Trinajstić information content (AvgIpc) is 2.79. The maximum absolute atomic E-state index is 13.8. The summed E-state index contributed by atoms with van der Waals surface area (Å²) in [4.78, 5) is 32.2. The number of rotatable bonds is 3. The van der Waals surface area contributed by atoms with E-state index >= 15 is 0 Å². The fourth-order valence-corrected chi connectivity index (χ4v) is 5.18. The lowest BCUT2D eigenvalue weighted by Crippen LogP contribution is -2.48. The molecule has 0 saturated heterocycles. The zero-order chi connectivity index (χ0) is 21.5. The van der Waals surface area contributed by atoms with Crippen molar-refractivity contribution in [3.8, 4) is 5.69 Å². The van der Waals surface area contributed by atoms with Gasteiger partial charge in [-0.05, 0) is 37.8 Å². The summed E-state index contributed by atoms with van der Waals surface area (Å²) in [5.41, 5.74) is 1.98. The Bertz CT molecular complexity index is 1390. The van der Waals surface area contributed by atoms with Crippen LogP contribution in [0.4, 0.5) is 0 Å². The number of fused-ring (bicyclic) bond motifs is 2. The van der Waals surface area contributed by atoms with Crippen molar-refractivity contribution in [1.82, 2.24) is 14.1 Å². The van der Waals surface area contributed by atoms with Crippen molar-refractivity contribution in [2.75, 3.05) is 0 Å². The van der Waals surface area contributed by atoms with Gasteiger partial charge in [-0.25, -0.2) is 4.98 Å². The van der Waals surface area contributed by atoms with Crippen LogP contribution >= 0.6 is 0 Å². The Balaban J connectivity index is 1.84. The molecule has 2 heterocycles. The van der Waals surface area contributed by atoms with Crippen molar-refractivity contribution in [2.45, 2.75) is 58.3 Å². The van der Waals surface area contributed by atoms with E-state index in [0.717, 1.165) is 41.7 Å². The first-order valence-electron chi connectivity index (χ1n) is 11.5. The normalized spacial score (nSPS) is 16.6. The Morgan fingerprint density at radius 1 is 1.00 bits per heavy atom. The first kappa shape index (κ1) is 20.0. The van der Waals surface area contributed by atoms with Gasteiger partial charge in [0.25, 0.3) is 5.56 Å². The van der Waals surface area contributed by atoms with Gasteiger partial charge in [0.1, 0.15) is 11.2 Å². The van der Waals surface area contributed by atoms with Gasteiger partial charge < -0.3 is 4.57 Å². The average molecular weight is 416 g/mol. The number of aromatic nitrogens is 3. The molecule has 2 aliphatic rings. The first-order chi connectivity index (χ1) is 15.0. The Morgan fingerprint density at radius 2 is 1.71 bits per heavy atom. The first-order valence-corrected chi connectivity index (χ1v) is 11.5. The van der Waals surface area contributed by atoms with E-state index in [-0.39, 0.29) is 16.4 Å². The number of hydrogen-bond donors (Lipinski definition) is 0. The van der Waals surface area contributed by atoms with Crippen molar-refractivity contribution in [3.63, 3.8) is 0 Å². The molecule has 5 heteroatoms. The molecule has 0 spiro atoms. The molecular weight excluding hydrogens is 386 g/mol. The van der Waals surface area contributed by atoms with Gasteiger partial charge >= 0.3 is 0 Å². The molecule has 0 N–H and O–H groups in total. The molecule has 2 aromatic heterocycles. The van der Waals surface area contributed by atoms with Crippen LogP contribution in [0.1, 0.15) is 56.3 Å². The quantitative estimate of drug-likeness (QED) is 0.661. The topological polar surface area (TPSA) is 56.9 Å². The molecule has 0 unspecified atom stereocenters. The maximum Gasteiger partial charge on any atom is 0.271 e. The van der Waals surface area contributed by atoms with Gasteiger partial charge in [-0.2, -0.15) is 0 Å². The van der Waals surface area contributed by atoms with Gasteiger partial charge in [0.05, 0.1) is 5.69 Å². The summed E-state index contributed by atoms with van der Waals surface area (Å²) in [7, 11) is 1.92. The highest BCUT2D eigenvalue weighted by Crippen LogP contribution is 2.27. The maximum atomic E-state index is 13.8. The van der Waals surface area contributed by atoms with Crippen LogP contribution in [0.3, 0.4) is 0 Å². The van der Waals surface area contributed by atoms with Gasteiger partial charge in [-0.15, -0.1) is 0 Å². The van der Waals surface area contributed by atoms with Gasteiger partial charge in [0.15, 0.2) is 5.65 Å². The third-order valence-corrected chi connectivity index (χ3v) is 6.90. The highest BCUT2D eigenvalue weighted by Gasteiger charge is 2.22. The second kappa shape index (κ2) is 7.95. The standard InChI is InChI=1S/C26H29N3O2/c1-17-12-14-19(15-13-17)29-22(16-18-8-4-3-5-9-18)27-25-23(26(29)31)24(30)20-10-6-7-11-21(20)28(25)2/h10-15,18H,3-9,16H2,1-2H3. The SMILES string of the molecule is Cc1ccc(-n2c(CC3CCCCC3)nc3c(c(=O)c4c(n3C)=CCCC=4)c2=O)cc1. The molecule has 2 aliphatic carbocycles. The van der Waals surface area contributed by atoms with E-state index in [1.165, 1.54) is 32.1 Å². The van der Waals surface area contributed by atoms with Crippen LogP contribution in [0, 0.1) is 12.8 Å². The lowest BCUT2D eigenvalue weighted by molar-refractivity contribution is 0.349. The van der Waals surface area contributed by atoms with E-state index in [0.29, 0.717) is 16.8 Å². The van der Waals surface area contributed by atoms with E-state index in [1.807, 2.05) is 48.9 Å². The third-order valence-electron chi connectivity index (χ3n) is 6.90. The van der Waals surface area contributed by atoms with Crippen molar-refractivity contribution in [3.05, 3.63) is 66.8 Å². The number of pyridine rings is 1. The van der Waals surface area contributed by atoms with Gasteiger partial charge in [-0.1, -0.05) is 62.0 Å². The summed E-state index contributed by atoms with van der Waals surface area (Å²) in [5, 5.41) is 1.71. The van der Waals surface area contributed by atoms with E-state index in [4.69, 9.17) is 4.98 Å². The van der Waals surface area contributed by atoms with Gasteiger partial charge in [0, 0.05) is 24.0 Å². The molecule has 0 atom stereocenters. The Labute approximate surface area is 181 Å². The summed E-state index contributed by atoms with van der Waals surface area (Å²) in [6.07, 6.45) is 12.7. The molecule has 5 rings (SSSR count). The fourth-order valence-electron chi connectivity index (χ4n) is 5.18. The second-order valence-electron chi connectivity index (χ2n) is 9.08. The molecule has 31 heavy (non-hydrogen) atoms. The summed E-state index contributed by atoms with van der Waals surface area (Å²) in [5.74, 6) is 1.30. The second-order valence-corrected chi connectivity index (χ2v) is 9.08. The molecule has 0 bridgehead atoms. The molecule has 3 aromatic rings. The molecule has 0 radical (unpaired) electrons. The summed E-state index contributed by atoms with van der Waals surface area (Å²) >= 11 is 0. The minimum absolute atomic E-state index is 0.193. The van der Waals surface area contributed by atoms with Crippen molar-refractivity contribution < 1.29 is 0 Å². The smallest absolute Gasteiger partial charge is 0.271 e. The van der Waals surface area contributed by atoms with Crippen molar-refractivity contribution >= 4 is 23.2 Å². The van der Waals surface area contributed by atoms with Crippen molar-refractivity contribution in [2.24, 2.45) is 13.0 Å². The Morgan fingerprint density at radius 3 is 2.45 bits per heavy atom. The van der Waals surface area contributed by atoms with Crippen LogP contribution in [-0.4, -0.2) is 14.1 Å². The highest BCUT2D eigenvalue weighted by atomic mass is 16.1. The molecule has 160 valence electrons. The Kier molecular flexibility index (Phi) is 5.12. The molecule has 1 fully saturated rings. The lowest BCUT2D eigenvalue weighted by Gasteiger charge is -2.23. The third kappa shape index (κ3) is 3.46. The van der Waals surface area contributed by atoms with Crippen LogP contribution in [0.2, 0.25) is 0 Å². The van der Waals surface area contributed by atoms with E-state index in [9.17, 15) is 9.59 Å². The highest BCUT2D eigenvalue weighted by molar-refractivity contribution is 5.75. The monoisotopic (exact) mass is 415 g/mol. The van der Waals surface area contributed by atoms with Crippen LogP contribution in [0.15, 0.2) is 33.9 Å². The zero-order valence-corrected chi connectivity index (χ0v) is 18.4. The van der Waals surface area contributed by atoms with Crippen LogP contribution in [0.5, 0.6) is 0 Å². The number of benzene rings is 1. The predicted octanol–water partition coefficient (Wildman–Crippen LogP) is 2.87. The Hall–Kier alpha value is -2.95. The van der Waals surface area contributed by atoms with Crippen LogP contribution in [0.25, 0.3) is 28.9 Å². The van der Waals surface area contributed by atoms with E-state index in [1.54, 1.807) is 4.57 Å². The van der Waals surface area contributed by atoms with E-state index in [2.05, 4.69) is 6.08 Å². The largest absolute Gasteiger partial charge is 0.328 e. The van der Waals surface area contributed by atoms with Gasteiger partial charge in [-0.3, -0.25) is 14.2 Å². The number of hydrogen-bond acceptors (Lipinski definition) is 3. The van der Waals surface area contributed by atoms with Crippen LogP contribution in [-0.2, 0) is 13.5 Å². The fraction of sp³-hybridized carbons (Fsp3) is 0.423. The predicted molar refractivity (Wildman–Crippen MR) is 125 cm³/mol. The van der Waals surface area contributed by atoms with Gasteiger partial charge in [0.2, 0.25) is 5.43 Å². The number of nitrogens with zero attached hydrogens (tertiary/aromatic N) is 3. The molecular formula is C26H29N3O2.